The predicted octanol–water partition coefficient (Wildman–Crippen LogP) is 7.96. The van der Waals surface area contributed by atoms with E-state index < -0.39 is 0 Å². The van der Waals surface area contributed by atoms with Crippen LogP contribution in [-0.2, 0) is 19.6 Å². The van der Waals surface area contributed by atoms with Gasteiger partial charge in [0, 0.05) is 41.8 Å². The Bertz CT molecular complexity index is 1430. The third kappa shape index (κ3) is 6.95. The number of fused-ring (bicyclic) bond motifs is 1. The third-order valence-electron chi connectivity index (χ3n) is 6.87. The van der Waals surface area contributed by atoms with Crippen LogP contribution in [0.3, 0.4) is 0 Å². The first-order valence-electron chi connectivity index (χ1n) is 13.9. The molecule has 1 aliphatic heterocycles. The largest absolute Gasteiger partial charge is 0.493 e. The molecule has 0 spiro atoms. The van der Waals surface area contributed by atoms with Gasteiger partial charge in [0.25, 0.3) is 0 Å². The van der Waals surface area contributed by atoms with Crippen LogP contribution < -0.4 is 14.2 Å². The van der Waals surface area contributed by atoms with Crippen LogP contribution in [0.25, 0.3) is 17.5 Å². The lowest BCUT2D eigenvalue weighted by atomic mass is 10.1. The molecule has 0 radical (unpaired) electrons. The number of unbranched alkanes of at least 4 members (excludes halogenated alkanes) is 1. The lowest BCUT2D eigenvalue weighted by Crippen LogP contribution is -2.24. The van der Waals surface area contributed by atoms with Gasteiger partial charge in [-0.3, -0.25) is 4.90 Å². The molecule has 0 fully saturated rings. The first-order valence-corrected chi connectivity index (χ1v) is 14.7. The zero-order valence-corrected chi connectivity index (χ0v) is 24.8. The minimum atomic E-state index is 0.277. The van der Waals surface area contributed by atoms with E-state index in [2.05, 4.69) is 86.9 Å². The van der Waals surface area contributed by atoms with Crippen molar-refractivity contribution in [2.24, 2.45) is 0 Å². The molecule has 5 rings (SSSR count). The molecule has 0 amide bonds. The van der Waals surface area contributed by atoms with E-state index in [1.165, 1.54) is 11.3 Å². The van der Waals surface area contributed by atoms with Crippen molar-refractivity contribution in [3.8, 4) is 28.6 Å². The van der Waals surface area contributed by atoms with Crippen LogP contribution in [0.5, 0.6) is 17.2 Å². The molecule has 0 saturated carbocycles. The molecular weight excluding hydrogens is 566 g/mol. The fourth-order valence-electron chi connectivity index (χ4n) is 4.90. The number of nitrogens with zero attached hydrogens (tertiary/aromatic N) is 3. The minimum Gasteiger partial charge on any atom is -0.493 e. The Morgan fingerprint density at radius 1 is 1.00 bits per heavy atom. The zero-order chi connectivity index (χ0) is 27.7. The first-order chi connectivity index (χ1) is 19.6. The van der Waals surface area contributed by atoms with Crippen molar-refractivity contribution in [2.45, 2.75) is 46.3 Å². The van der Waals surface area contributed by atoms with Gasteiger partial charge in [0.1, 0.15) is 11.6 Å². The molecule has 3 aromatic carbocycles. The second-order valence-electron chi connectivity index (χ2n) is 9.82. The quantitative estimate of drug-likeness (QED) is 0.155. The van der Waals surface area contributed by atoms with Crippen LogP contribution in [0.4, 0.5) is 0 Å². The molecule has 4 aromatic rings. The van der Waals surface area contributed by atoms with Gasteiger partial charge >= 0.3 is 0 Å². The number of halogens is 1. The number of aromatic nitrogens is 2. The summed E-state index contributed by atoms with van der Waals surface area (Å²) in [7, 11) is 0. The van der Waals surface area contributed by atoms with Gasteiger partial charge in [-0.25, -0.2) is 4.98 Å². The summed E-state index contributed by atoms with van der Waals surface area (Å²) in [6.45, 7) is 8.37. The second kappa shape index (κ2) is 13.7. The highest BCUT2D eigenvalue weighted by Gasteiger charge is 2.17. The molecule has 1 aliphatic rings. The summed E-state index contributed by atoms with van der Waals surface area (Å²) in [5, 5.41) is 0. The number of hydrogen-bond donors (Lipinski definition) is 0. The molecule has 6 nitrogen and oxygen atoms in total. The van der Waals surface area contributed by atoms with E-state index >= 15 is 0 Å². The highest BCUT2D eigenvalue weighted by Crippen LogP contribution is 2.33. The van der Waals surface area contributed by atoms with Crippen LogP contribution in [0.2, 0.25) is 0 Å². The number of imidazole rings is 1. The van der Waals surface area contributed by atoms with E-state index in [-0.39, 0.29) is 6.79 Å². The van der Waals surface area contributed by atoms with E-state index in [0.717, 1.165) is 77.7 Å². The summed E-state index contributed by atoms with van der Waals surface area (Å²) in [4.78, 5) is 7.31. The molecule has 0 N–H and O–H groups in total. The third-order valence-corrected chi connectivity index (χ3v) is 7.36. The van der Waals surface area contributed by atoms with Crippen molar-refractivity contribution < 1.29 is 14.2 Å². The van der Waals surface area contributed by atoms with Gasteiger partial charge in [-0.1, -0.05) is 77.8 Å². The van der Waals surface area contributed by atoms with Gasteiger partial charge < -0.3 is 18.8 Å². The number of hydrogen-bond acceptors (Lipinski definition) is 5. The molecule has 0 aliphatic carbocycles. The normalized spacial score (nSPS) is 12.5. The maximum Gasteiger partial charge on any atom is 0.231 e. The number of benzene rings is 3. The molecule has 0 bridgehead atoms. The van der Waals surface area contributed by atoms with Crippen molar-refractivity contribution >= 4 is 22.0 Å². The van der Waals surface area contributed by atoms with E-state index in [4.69, 9.17) is 19.2 Å². The van der Waals surface area contributed by atoms with Crippen LogP contribution in [-0.4, -0.2) is 34.4 Å². The van der Waals surface area contributed by atoms with Crippen LogP contribution in [0.15, 0.2) is 83.5 Å². The van der Waals surface area contributed by atoms with Gasteiger partial charge in [-0.15, -0.1) is 0 Å². The molecule has 7 heteroatoms. The van der Waals surface area contributed by atoms with Crippen LogP contribution in [0.1, 0.15) is 43.5 Å². The summed E-state index contributed by atoms with van der Waals surface area (Å²) < 4.78 is 20.5. The standard InChI is InChI=1S/C33H36BrN3O3/c1-3-5-18-37-29(21-35-33(37)26-10-7-6-8-11-26)23-36(22-25-13-15-31-32(19-25)40-24-39-31)17-9-12-27-20-28(34)14-16-30(27)38-4-2/h6-16,19-21H,3-5,17-18,22-24H2,1-2H3. The fraction of sp³-hybridized carbons (Fsp3) is 0.303. The van der Waals surface area contributed by atoms with Gasteiger partial charge in [0.05, 0.1) is 18.5 Å². The zero-order valence-electron chi connectivity index (χ0n) is 23.2. The molecular formula is C33H36BrN3O3. The molecule has 208 valence electrons. The fourth-order valence-corrected chi connectivity index (χ4v) is 5.28. The van der Waals surface area contributed by atoms with Crippen molar-refractivity contribution in [3.63, 3.8) is 0 Å². The van der Waals surface area contributed by atoms with Crippen LogP contribution in [0, 0.1) is 0 Å². The first kappa shape index (κ1) is 28.0. The number of rotatable bonds is 13. The molecule has 40 heavy (non-hydrogen) atoms. The van der Waals surface area contributed by atoms with Crippen molar-refractivity contribution in [3.05, 3.63) is 100 Å². The molecule has 0 atom stereocenters. The molecule has 2 heterocycles. The van der Waals surface area contributed by atoms with Crippen molar-refractivity contribution in [1.29, 1.82) is 0 Å². The maximum absolute atomic E-state index is 5.86. The molecule has 0 saturated heterocycles. The maximum atomic E-state index is 5.86. The lowest BCUT2D eigenvalue weighted by Gasteiger charge is -2.22. The summed E-state index contributed by atoms with van der Waals surface area (Å²) in [6, 6.07) is 22.8. The van der Waals surface area contributed by atoms with E-state index in [1.807, 2.05) is 37.4 Å². The Labute approximate surface area is 245 Å². The van der Waals surface area contributed by atoms with E-state index in [9.17, 15) is 0 Å². The Balaban J connectivity index is 1.42. The second-order valence-corrected chi connectivity index (χ2v) is 10.7. The van der Waals surface area contributed by atoms with Crippen LogP contribution >= 0.6 is 15.9 Å². The van der Waals surface area contributed by atoms with E-state index in [1.54, 1.807) is 0 Å². The monoisotopic (exact) mass is 601 g/mol. The van der Waals surface area contributed by atoms with E-state index in [0.29, 0.717) is 6.61 Å². The molecule has 1 aromatic heterocycles. The van der Waals surface area contributed by atoms with Gasteiger partial charge in [0.15, 0.2) is 11.5 Å². The smallest absolute Gasteiger partial charge is 0.231 e. The van der Waals surface area contributed by atoms with Gasteiger partial charge in [0.2, 0.25) is 6.79 Å². The van der Waals surface area contributed by atoms with Crippen molar-refractivity contribution in [1.82, 2.24) is 14.5 Å². The SMILES string of the molecule is CCCCn1c(CN(CC=Cc2cc(Br)ccc2OCC)Cc2ccc3c(c2)OCO3)cnc1-c1ccccc1. The van der Waals surface area contributed by atoms with Gasteiger partial charge in [-0.05, 0) is 49.2 Å². The van der Waals surface area contributed by atoms with Crippen molar-refractivity contribution in [2.75, 3.05) is 19.9 Å². The Hall–Kier alpha value is -3.55. The lowest BCUT2D eigenvalue weighted by molar-refractivity contribution is 0.174. The Morgan fingerprint density at radius 3 is 2.67 bits per heavy atom. The number of ether oxygens (including phenoxy) is 3. The highest BCUT2D eigenvalue weighted by molar-refractivity contribution is 9.10. The Morgan fingerprint density at radius 2 is 1.85 bits per heavy atom. The average molecular weight is 603 g/mol. The summed E-state index contributed by atoms with van der Waals surface area (Å²) in [6.07, 6.45) is 8.63. The minimum absolute atomic E-state index is 0.277. The summed E-state index contributed by atoms with van der Waals surface area (Å²) in [5.41, 5.74) is 4.58. The summed E-state index contributed by atoms with van der Waals surface area (Å²) >= 11 is 3.60. The van der Waals surface area contributed by atoms with Gasteiger partial charge in [-0.2, -0.15) is 0 Å². The average Bonchev–Trinajstić information content (AvgIpc) is 3.60. The Kier molecular flexibility index (Phi) is 9.58. The highest BCUT2D eigenvalue weighted by atomic mass is 79.9. The summed E-state index contributed by atoms with van der Waals surface area (Å²) in [5.74, 6) is 3.52. The molecule has 0 unspecified atom stereocenters. The topological polar surface area (TPSA) is 48.8 Å². The predicted molar refractivity (Wildman–Crippen MR) is 164 cm³/mol.